The van der Waals surface area contributed by atoms with Crippen molar-refractivity contribution in [2.24, 2.45) is 17.8 Å². The van der Waals surface area contributed by atoms with E-state index in [1.165, 1.54) is 0 Å². The Morgan fingerprint density at radius 3 is 2.40 bits per heavy atom. The van der Waals surface area contributed by atoms with Crippen molar-refractivity contribution < 1.29 is 14.0 Å². The van der Waals surface area contributed by atoms with Crippen LogP contribution in [0, 0.1) is 17.8 Å². The molecule has 0 spiro atoms. The van der Waals surface area contributed by atoms with Crippen molar-refractivity contribution in [3.8, 4) is 0 Å². The van der Waals surface area contributed by atoms with Gasteiger partial charge in [0.15, 0.2) is 8.32 Å². The fraction of sp³-hybridized carbons (Fsp3) is 0.812. The summed E-state index contributed by atoms with van der Waals surface area (Å²) in [5.74, 6) is 0.532. The summed E-state index contributed by atoms with van der Waals surface area (Å²) in [6.07, 6.45) is 5.48. The highest BCUT2D eigenvalue weighted by atomic mass is 28.4. The van der Waals surface area contributed by atoms with Gasteiger partial charge in [0.1, 0.15) is 0 Å². The van der Waals surface area contributed by atoms with E-state index in [1.807, 2.05) is 6.92 Å². The van der Waals surface area contributed by atoms with E-state index in [4.69, 9.17) is 9.16 Å². The highest BCUT2D eigenvalue weighted by Gasteiger charge is 2.52. The van der Waals surface area contributed by atoms with Crippen LogP contribution in [0.15, 0.2) is 12.2 Å². The summed E-state index contributed by atoms with van der Waals surface area (Å²) in [5, 5.41) is 0.164. The molecule has 20 heavy (non-hydrogen) atoms. The molecule has 0 N–H and O–H groups in total. The fourth-order valence-electron chi connectivity index (χ4n) is 3.00. The molecule has 2 aliphatic carbocycles. The van der Waals surface area contributed by atoms with Gasteiger partial charge in [0.25, 0.3) is 0 Å². The van der Waals surface area contributed by atoms with Gasteiger partial charge in [0.05, 0.1) is 18.6 Å². The summed E-state index contributed by atoms with van der Waals surface area (Å²) in [4.78, 5) is 12.3. The lowest BCUT2D eigenvalue weighted by Gasteiger charge is -2.41. The van der Waals surface area contributed by atoms with Gasteiger partial charge in [-0.1, -0.05) is 32.9 Å². The molecule has 4 heteroatoms. The molecule has 4 unspecified atom stereocenters. The average molecular weight is 296 g/mol. The predicted octanol–water partition coefficient (Wildman–Crippen LogP) is 3.76. The van der Waals surface area contributed by atoms with Crippen LogP contribution >= 0.6 is 0 Å². The Morgan fingerprint density at radius 1 is 1.25 bits per heavy atom. The number of hydrogen-bond donors (Lipinski definition) is 0. The molecule has 0 radical (unpaired) electrons. The molecule has 0 aromatic carbocycles. The SMILES string of the molecule is CCOC(=O)C1C2C=CC(C2)C1O[Si](C)(C)C(C)(C)C. The molecule has 0 amide bonds. The first-order valence-electron chi connectivity index (χ1n) is 7.70. The number of ether oxygens (including phenoxy) is 1. The van der Waals surface area contributed by atoms with Gasteiger partial charge in [0, 0.05) is 5.92 Å². The molecule has 0 heterocycles. The van der Waals surface area contributed by atoms with E-state index in [-0.39, 0.29) is 23.0 Å². The molecular weight excluding hydrogens is 268 g/mol. The quantitative estimate of drug-likeness (QED) is 0.450. The Labute approximate surface area is 123 Å². The van der Waals surface area contributed by atoms with E-state index < -0.39 is 8.32 Å². The maximum atomic E-state index is 12.3. The second-order valence-corrected chi connectivity index (χ2v) is 12.3. The standard InChI is InChI=1S/C16H28O3Si/c1-7-18-15(17)13-11-8-9-12(10-11)14(13)19-20(5,6)16(2,3)4/h8-9,11-14H,7,10H2,1-6H3. The molecule has 2 rings (SSSR count). The highest BCUT2D eigenvalue weighted by Crippen LogP contribution is 2.49. The zero-order valence-electron chi connectivity index (χ0n) is 13.6. The number of fused-ring (bicyclic) bond motifs is 2. The molecule has 0 aromatic rings. The summed E-state index contributed by atoms with van der Waals surface area (Å²) in [7, 11) is -1.86. The van der Waals surface area contributed by atoms with Crippen LogP contribution in [0.1, 0.15) is 34.1 Å². The molecular formula is C16H28O3Si. The van der Waals surface area contributed by atoms with Crippen LogP contribution in [-0.4, -0.2) is 27.0 Å². The van der Waals surface area contributed by atoms with Crippen LogP contribution < -0.4 is 0 Å². The van der Waals surface area contributed by atoms with Gasteiger partial charge >= 0.3 is 5.97 Å². The maximum absolute atomic E-state index is 12.3. The molecule has 2 bridgehead atoms. The van der Waals surface area contributed by atoms with Gasteiger partial charge in [-0.3, -0.25) is 4.79 Å². The molecule has 3 nitrogen and oxygen atoms in total. The lowest BCUT2D eigenvalue weighted by Crippen LogP contribution is -2.48. The second-order valence-electron chi connectivity index (χ2n) is 7.57. The third-order valence-electron chi connectivity index (χ3n) is 5.18. The summed E-state index contributed by atoms with van der Waals surface area (Å²) in [6, 6.07) is 0. The van der Waals surface area contributed by atoms with E-state index in [1.54, 1.807) is 0 Å². The van der Waals surface area contributed by atoms with Gasteiger partial charge < -0.3 is 9.16 Å². The Hall–Kier alpha value is -0.613. The van der Waals surface area contributed by atoms with Crippen molar-refractivity contribution in [2.75, 3.05) is 6.61 Å². The maximum Gasteiger partial charge on any atom is 0.312 e. The van der Waals surface area contributed by atoms with Crippen LogP contribution in [0.5, 0.6) is 0 Å². The monoisotopic (exact) mass is 296 g/mol. The van der Waals surface area contributed by atoms with Crippen molar-refractivity contribution in [1.82, 2.24) is 0 Å². The van der Waals surface area contributed by atoms with E-state index in [0.717, 1.165) is 6.42 Å². The highest BCUT2D eigenvalue weighted by molar-refractivity contribution is 6.74. The zero-order chi connectivity index (χ0) is 15.1. The van der Waals surface area contributed by atoms with Crippen LogP contribution in [-0.2, 0) is 14.0 Å². The Kier molecular flexibility index (Phi) is 4.18. The number of allylic oxidation sites excluding steroid dienone is 1. The smallest absolute Gasteiger partial charge is 0.312 e. The van der Waals surface area contributed by atoms with Crippen molar-refractivity contribution in [3.63, 3.8) is 0 Å². The summed E-state index contributed by atoms with van der Waals surface area (Å²) in [6.45, 7) is 13.5. The second kappa shape index (κ2) is 5.30. The van der Waals surface area contributed by atoms with Crippen LogP contribution in [0.2, 0.25) is 18.1 Å². The Bertz CT molecular complexity index is 408. The third kappa shape index (κ3) is 2.73. The molecule has 0 aliphatic heterocycles. The Balaban J connectivity index is 2.17. The first-order chi connectivity index (χ1) is 9.17. The van der Waals surface area contributed by atoms with Gasteiger partial charge in [-0.2, -0.15) is 0 Å². The fourth-order valence-corrected chi connectivity index (χ4v) is 4.36. The normalized spacial score (nSPS) is 32.7. The first-order valence-corrected chi connectivity index (χ1v) is 10.6. The van der Waals surface area contributed by atoms with Crippen molar-refractivity contribution in [3.05, 3.63) is 12.2 Å². The molecule has 0 aromatic heterocycles. The minimum Gasteiger partial charge on any atom is -0.466 e. The molecule has 114 valence electrons. The number of carbonyl (C=O) groups is 1. The molecule has 0 saturated heterocycles. The van der Waals surface area contributed by atoms with Gasteiger partial charge in [-0.15, -0.1) is 0 Å². The van der Waals surface area contributed by atoms with Gasteiger partial charge in [-0.05, 0) is 37.4 Å². The van der Waals surface area contributed by atoms with E-state index in [0.29, 0.717) is 18.4 Å². The largest absolute Gasteiger partial charge is 0.466 e. The molecule has 2 aliphatic rings. The predicted molar refractivity (Wildman–Crippen MR) is 82.9 cm³/mol. The minimum absolute atomic E-state index is 0.0185. The van der Waals surface area contributed by atoms with Crippen LogP contribution in [0.4, 0.5) is 0 Å². The lowest BCUT2D eigenvalue weighted by molar-refractivity contribution is -0.152. The number of rotatable bonds is 4. The summed E-state index contributed by atoms with van der Waals surface area (Å²) >= 11 is 0. The number of hydrogen-bond acceptors (Lipinski definition) is 3. The van der Waals surface area contributed by atoms with E-state index in [2.05, 4.69) is 46.0 Å². The van der Waals surface area contributed by atoms with Crippen LogP contribution in [0.25, 0.3) is 0 Å². The number of carbonyl (C=O) groups excluding carboxylic acids is 1. The molecule has 1 saturated carbocycles. The summed E-state index contributed by atoms with van der Waals surface area (Å²) < 4.78 is 11.8. The first kappa shape index (κ1) is 15.8. The van der Waals surface area contributed by atoms with Crippen molar-refractivity contribution >= 4 is 14.3 Å². The summed E-state index contributed by atoms with van der Waals surface area (Å²) in [5.41, 5.74) is 0. The lowest BCUT2D eigenvalue weighted by atomic mass is 9.91. The van der Waals surface area contributed by atoms with Crippen LogP contribution in [0.3, 0.4) is 0 Å². The minimum atomic E-state index is -1.86. The molecule has 4 atom stereocenters. The Morgan fingerprint density at radius 2 is 1.85 bits per heavy atom. The number of esters is 1. The topological polar surface area (TPSA) is 35.5 Å². The van der Waals surface area contributed by atoms with E-state index >= 15 is 0 Å². The average Bonchev–Trinajstić information content (AvgIpc) is 2.87. The molecule has 1 fully saturated rings. The van der Waals surface area contributed by atoms with Gasteiger partial charge in [0.2, 0.25) is 0 Å². The van der Waals surface area contributed by atoms with Crippen molar-refractivity contribution in [1.29, 1.82) is 0 Å². The van der Waals surface area contributed by atoms with Gasteiger partial charge in [-0.25, -0.2) is 0 Å². The third-order valence-corrected chi connectivity index (χ3v) is 9.66. The zero-order valence-corrected chi connectivity index (χ0v) is 14.6. The van der Waals surface area contributed by atoms with E-state index in [9.17, 15) is 4.79 Å². The van der Waals surface area contributed by atoms with Crippen molar-refractivity contribution in [2.45, 2.75) is 58.4 Å².